The van der Waals surface area contributed by atoms with Gasteiger partial charge in [-0.15, -0.1) is 0 Å². The number of benzene rings is 2. The summed E-state index contributed by atoms with van der Waals surface area (Å²) in [5, 5.41) is 0. The molecule has 2 heterocycles. The average molecular weight is 500 g/mol. The van der Waals surface area contributed by atoms with Crippen LogP contribution >= 0.6 is 11.3 Å². The summed E-state index contributed by atoms with van der Waals surface area (Å²) in [7, 11) is -3.58. The van der Waals surface area contributed by atoms with E-state index in [0.29, 0.717) is 35.3 Å². The number of carbonyl (C=O) groups excluding carboxylic acids is 1. The van der Waals surface area contributed by atoms with Crippen molar-refractivity contribution in [2.24, 2.45) is 16.8 Å². The second-order valence-electron chi connectivity index (χ2n) is 9.65. The van der Waals surface area contributed by atoms with Gasteiger partial charge in [0.05, 0.1) is 15.1 Å². The Morgan fingerprint density at radius 3 is 2.29 bits per heavy atom. The van der Waals surface area contributed by atoms with E-state index in [-0.39, 0.29) is 10.8 Å². The normalized spacial score (nSPS) is 20.2. The van der Waals surface area contributed by atoms with Gasteiger partial charge in [-0.25, -0.2) is 8.42 Å². The third kappa shape index (κ3) is 4.90. The molecule has 8 heteroatoms. The van der Waals surface area contributed by atoms with Crippen LogP contribution in [0.25, 0.3) is 10.2 Å². The van der Waals surface area contributed by atoms with Crippen LogP contribution in [0.15, 0.2) is 46.3 Å². The van der Waals surface area contributed by atoms with Crippen LogP contribution in [-0.4, -0.2) is 36.3 Å². The lowest BCUT2D eigenvalue weighted by Crippen LogP contribution is -2.42. The number of aromatic nitrogens is 1. The molecule has 1 aromatic heterocycles. The third-order valence-electron chi connectivity index (χ3n) is 6.52. The number of amides is 1. The van der Waals surface area contributed by atoms with Crippen molar-refractivity contribution in [2.45, 2.75) is 58.9 Å². The number of hydrogen-bond donors (Lipinski definition) is 0. The zero-order valence-electron chi connectivity index (χ0n) is 20.5. The highest BCUT2D eigenvalue weighted by atomic mass is 32.2. The summed E-state index contributed by atoms with van der Waals surface area (Å²) in [5.74, 6) is 0.303. The van der Waals surface area contributed by atoms with Crippen LogP contribution in [0, 0.1) is 25.7 Å². The van der Waals surface area contributed by atoms with Crippen molar-refractivity contribution < 1.29 is 13.2 Å². The number of piperidine rings is 1. The summed E-state index contributed by atoms with van der Waals surface area (Å²) < 4.78 is 31.1. The molecule has 34 heavy (non-hydrogen) atoms. The van der Waals surface area contributed by atoms with Gasteiger partial charge in [-0.1, -0.05) is 32.1 Å². The summed E-state index contributed by atoms with van der Waals surface area (Å²) in [6.45, 7) is 12.3. The van der Waals surface area contributed by atoms with E-state index in [1.807, 2.05) is 0 Å². The maximum atomic E-state index is 13.1. The predicted octanol–water partition coefficient (Wildman–Crippen LogP) is 5.14. The minimum absolute atomic E-state index is 0.221. The molecule has 1 amide bonds. The van der Waals surface area contributed by atoms with E-state index in [0.717, 1.165) is 29.6 Å². The predicted molar refractivity (Wildman–Crippen MR) is 138 cm³/mol. The lowest BCUT2D eigenvalue weighted by molar-refractivity contribution is 0.0997. The number of aryl methyl sites for hydroxylation is 3. The monoisotopic (exact) mass is 499 g/mol. The van der Waals surface area contributed by atoms with Crippen LogP contribution in [0.4, 0.5) is 0 Å². The molecule has 0 N–H and O–H groups in total. The Balaban J connectivity index is 1.65. The Bertz CT molecular complexity index is 1380. The lowest BCUT2D eigenvalue weighted by Gasteiger charge is -2.34. The number of hydrogen-bond acceptors (Lipinski definition) is 4. The fourth-order valence-electron chi connectivity index (χ4n) is 4.72. The van der Waals surface area contributed by atoms with Gasteiger partial charge in [0, 0.05) is 25.2 Å². The number of sulfonamides is 1. The van der Waals surface area contributed by atoms with Crippen molar-refractivity contribution >= 4 is 37.5 Å². The van der Waals surface area contributed by atoms with E-state index in [1.54, 1.807) is 16.4 Å². The van der Waals surface area contributed by atoms with Crippen molar-refractivity contribution in [3.63, 3.8) is 0 Å². The molecule has 1 aliphatic rings. The lowest BCUT2D eigenvalue weighted by atomic mass is 9.94. The summed E-state index contributed by atoms with van der Waals surface area (Å²) in [5.41, 5.74) is 3.90. The van der Waals surface area contributed by atoms with Gasteiger partial charge in [-0.05, 0) is 86.1 Å². The Morgan fingerprint density at radius 2 is 1.68 bits per heavy atom. The number of nitrogens with zero attached hydrogens (tertiary/aromatic N) is 3. The molecule has 0 radical (unpaired) electrons. The molecule has 2 aromatic carbocycles. The zero-order chi connectivity index (χ0) is 24.6. The highest BCUT2D eigenvalue weighted by molar-refractivity contribution is 7.89. The van der Waals surface area contributed by atoms with Gasteiger partial charge in [-0.2, -0.15) is 9.30 Å². The summed E-state index contributed by atoms with van der Waals surface area (Å²) in [6.07, 6.45) is 1.97. The number of carbonyl (C=O) groups is 1. The number of fused-ring (bicyclic) bond motifs is 1. The van der Waals surface area contributed by atoms with E-state index < -0.39 is 10.0 Å². The molecule has 2 unspecified atom stereocenters. The molecule has 3 aromatic rings. The maximum Gasteiger partial charge on any atom is 0.279 e. The van der Waals surface area contributed by atoms with E-state index in [2.05, 4.69) is 56.3 Å². The van der Waals surface area contributed by atoms with Gasteiger partial charge in [0.1, 0.15) is 0 Å². The van der Waals surface area contributed by atoms with Crippen molar-refractivity contribution in [1.82, 2.24) is 8.87 Å². The first kappa shape index (κ1) is 24.8. The van der Waals surface area contributed by atoms with Gasteiger partial charge in [0.2, 0.25) is 10.0 Å². The molecule has 6 nitrogen and oxygen atoms in total. The molecule has 4 rings (SSSR count). The Morgan fingerprint density at radius 1 is 1.06 bits per heavy atom. The van der Waals surface area contributed by atoms with Crippen LogP contribution in [0.2, 0.25) is 0 Å². The minimum atomic E-state index is -3.58. The molecule has 0 aliphatic carbocycles. The van der Waals surface area contributed by atoms with Gasteiger partial charge < -0.3 is 4.57 Å². The van der Waals surface area contributed by atoms with E-state index in [1.165, 1.54) is 34.6 Å². The molecule has 0 saturated carbocycles. The summed E-state index contributed by atoms with van der Waals surface area (Å²) in [4.78, 5) is 18.3. The zero-order valence-corrected chi connectivity index (χ0v) is 22.2. The first-order chi connectivity index (χ1) is 16.1. The number of rotatable bonds is 5. The van der Waals surface area contributed by atoms with Crippen molar-refractivity contribution in [3.8, 4) is 0 Å². The Hall–Kier alpha value is -2.29. The standard InChI is InChI=1S/C26H33N3O3S2/c1-6-11-29-23-13-19(4)20(5)14-24(23)33-26(29)27-25(30)21-7-9-22(10-8-21)34(31,32)28-15-17(2)12-18(3)16-28/h7-10,13-14,17-18H,6,11-12,15-16H2,1-5H3. The topological polar surface area (TPSA) is 71.7 Å². The second-order valence-corrected chi connectivity index (χ2v) is 12.6. The molecule has 182 valence electrons. The van der Waals surface area contributed by atoms with E-state index in [9.17, 15) is 13.2 Å². The van der Waals surface area contributed by atoms with E-state index >= 15 is 0 Å². The summed E-state index contributed by atoms with van der Waals surface area (Å²) >= 11 is 1.51. The van der Waals surface area contributed by atoms with Crippen LogP contribution in [0.5, 0.6) is 0 Å². The van der Waals surface area contributed by atoms with Crippen molar-refractivity contribution in [2.75, 3.05) is 13.1 Å². The highest BCUT2D eigenvalue weighted by Gasteiger charge is 2.31. The Labute approximate surface area is 206 Å². The van der Waals surface area contributed by atoms with Gasteiger partial charge in [0.25, 0.3) is 5.91 Å². The SMILES string of the molecule is CCCn1c(=NC(=O)c2ccc(S(=O)(=O)N3CC(C)CC(C)C3)cc2)sc2cc(C)c(C)cc21. The van der Waals surface area contributed by atoms with Gasteiger partial charge in [-0.3, -0.25) is 4.79 Å². The van der Waals surface area contributed by atoms with Crippen LogP contribution in [0.3, 0.4) is 0 Å². The average Bonchev–Trinajstić information content (AvgIpc) is 3.09. The minimum Gasteiger partial charge on any atom is -0.316 e. The van der Waals surface area contributed by atoms with Gasteiger partial charge >= 0.3 is 0 Å². The molecule has 0 spiro atoms. The first-order valence-electron chi connectivity index (χ1n) is 11.9. The smallest absolute Gasteiger partial charge is 0.279 e. The molecule has 1 saturated heterocycles. The molecule has 1 fully saturated rings. The summed E-state index contributed by atoms with van der Waals surface area (Å²) in [6, 6.07) is 10.5. The second kappa shape index (κ2) is 9.76. The molecular weight excluding hydrogens is 466 g/mol. The van der Waals surface area contributed by atoms with Crippen molar-refractivity contribution in [1.29, 1.82) is 0 Å². The Kier molecular flexibility index (Phi) is 7.12. The molecule has 2 atom stereocenters. The fourth-order valence-corrected chi connectivity index (χ4v) is 7.53. The molecular formula is C26H33N3O3S2. The van der Waals surface area contributed by atoms with Gasteiger partial charge in [0.15, 0.2) is 4.80 Å². The fraction of sp³-hybridized carbons (Fsp3) is 0.462. The van der Waals surface area contributed by atoms with Crippen LogP contribution < -0.4 is 4.80 Å². The maximum absolute atomic E-state index is 13.1. The van der Waals surface area contributed by atoms with E-state index in [4.69, 9.17) is 0 Å². The number of thiazole rings is 1. The largest absolute Gasteiger partial charge is 0.316 e. The quantitative estimate of drug-likeness (QED) is 0.488. The van der Waals surface area contributed by atoms with Crippen LogP contribution in [-0.2, 0) is 16.6 Å². The first-order valence-corrected chi connectivity index (χ1v) is 14.2. The van der Waals surface area contributed by atoms with Crippen LogP contribution in [0.1, 0.15) is 55.1 Å². The highest BCUT2D eigenvalue weighted by Crippen LogP contribution is 2.27. The third-order valence-corrected chi connectivity index (χ3v) is 9.40. The molecule has 1 aliphatic heterocycles. The van der Waals surface area contributed by atoms with Crippen molar-refractivity contribution in [3.05, 3.63) is 57.9 Å². The molecule has 0 bridgehead atoms.